The van der Waals surface area contributed by atoms with E-state index in [0.717, 1.165) is 5.56 Å². The molecule has 0 fully saturated rings. The van der Waals surface area contributed by atoms with Crippen LogP contribution in [-0.2, 0) is 0 Å². The lowest BCUT2D eigenvalue weighted by Gasteiger charge is -2.31. The van der Waals surface area contributed by atoms with Crippen molar-refractivity contribution >= 4 is 11.7 Å². The van der Waals surface area contributed by atoms with E-state index < -0.39 is 11.9 Å². The van der Waals surface area contributed by atoms with E-state index in [9.17, 15) is 14.3 Å². The Bertz CT molecular complexity index is 949. The second-order valence-corrected chi connectivity index (χ2v) is 6.92. The van der Waals surface area contributed by atoms with Gasteiger partial charge in [-0.05, 0) is 35.9 Å². The summed E-state index contributed by atoms with van der Waals surface area (Å²) in [7, 11) is 1.65. The van der Waals surface area contributed by atoms with E-state index in [2.05, 4.69) is 5.10 Å². The molecule has 4 rings (SSSR count). The third-order valence-electron chi connectivity index (χ3n) is 5.05. The average molecular weight is 384 g/mol. The Morgan fingerprint density at radius 2 is 2.21 bits per heavy atom. The minimum absolute atomic E-state index is 0.0943. The average Bonchev–Trinajstić information content (AvgIpc) is 3.07. The van der Waals surface area contributed by atoms with Crippen LogP contribution in [0, 0.1) is 11.7 Å². The van der Waals surface area contributed by atoms with Crippen LogP contribution in [0.5, 0.6) is 11.5 Å². The number of urea groups is 1. The molecule has 0 bridgehead atoms. The predicted molar refractivity (Wildman–Crippen MR) is 102 cm³/mol. The Labute approximate surface area is 161 Å². The van der Waals surface area contributed by atoms with E-state index in [4.69, 9.17) is 10.5 Å². The molecule has 2 aromatic rings. The molecule has 0 spiro atoms. The van der Waals surface area contributed by atoms with E-state index in [1.807, 2.05) is 6.07 Å². The molecule has 0 radical (unpaired) electrons. The number of phenolic OH excluding ortho intramolecular Hbond substituents is 1. The SMILES string of the molecule is CN(CCN)C(=O)N1N=C2c3cc(F)ccc3OCC2C1c1cccc(O)c1. The fourth-order valence-electron chi connectivity index (χ4n) is 3.71. The molecule has 0 aromatic heterocycles. The number of phenols is 1. The molecule has 2 amide bonds. The van der Waals surface area contributed by atoms with Gasteiger partial charge in [-0.15, -0.1) is 0 Å². The van der Waals surface area contributed by atoms with Gasteiger partial charge >= 0.3 is 6.03 Å². The van der Waals surface area contributed by atoms with Gasteiger partial charge in [-0.1, -0.05) is 12.1 Å². The molecule has 2 unspecified atom stereocenters. The van der Waals surface area contributed by atoms with Gasteiger partial charge in [0.1, 0.15) is 17.3 Å². The number of hydrazone groups is 1. The van der Waals surface area contributed by atoms with Crippen LogP contribution in [0.2, 0.25) is 0 Å². The number of ether oxygens (including phenoxy) is 1. The summed E-state index contributed by atoms with van der Waals surface area (Å²) in [5, 5.41) is 15.9. The van der Waals surface area contributed by atoms with Gasteiger partial charge < -0.3 is 20.5 Å². The molecule has 2 heterocycles. The zero-order chi connectivity index (χ0) is 19.8. The molecule has 146 valence electrons. The van der Waals surface area contributed by atoms with Crippen molar-refractivity contribution in [2.75, 3.05) is 26.7 Å². The van der Waals surface area contributed by atoms with Crippen LogP contribution in [0.15, 0.2) is 47.6 Å². The zero-order valence-electron chi connectivity index (χ0n) is 15.4. The number of carbonyl (C=O) groups is 1. The lowest BCUT2D eigenvalue weighted by molar-refractivity contribution is 0.134. The Morgan fingerprint density at radius 1 is 1.39 bits per heavy atom. The first kappa shape index (κ1) is 18.2. The maximum Gasteiger partial charge on any atom is 0.340 e. The van der Waals surface area contributed by atoms with Crippen molar-refractivity contribution in [2.24, 2.45) is 16.8 Å². The molecule has 0 saturated heterocycles. The molecule has 2 aromatic carbocycles. The fourth-order valence-corrected chi connectivity index (χ4v) is 3.71. The lowest BCUT2D eigenvalue weighted by atomic mass is 9.86. The Balaban J connectivity index is 1.80. The number of hydrogen-bond acceptors (Lipinski definition) is 5. The Morgan fingerprint density at radius 3 is 2.96 bits per heavy atom. The topological polar surface area (TPSA) is 91.4 Å². The minimum Gasteiger partial charge on any atom is -0.508 e. The van der Waals surface area contributed by atoms with Crippen LogP contribution in [-0.4, -0.2) is 53.5 Å². The highest BCUT2D eigenvalue weighted by Crippen LogP contribution is 2.43. The molecule has 3 N–H and O–H groups in total. The highest BCUT2D eigenvalue weighted by molar-refractivity contribution is 6.07. The molecule has 0 saturated carbocycles. The van der Waals surface area contributed by atoms with Crippen LogP contribution in [0.4, 0.5) is 9.18 Å². The maximum absolute atomic E-state index is 13.9. The summed E-state index contributed by atoms with van der Waals surface area (Å²) in [4.78, 5) is 14.5. The fraction of sp³-hybridized carbons (Fsp3) is 0.300. The number of halogens is 1. The van der Waals surface area contributed by atoms with Crippen molar-refractivity contribution in [1.29, 1.82) is 0 Å². The summed E-state index contributed by atoms with van der Waals surface area (Å²) < 4.78 is 19.7. The second-order valence-electron chi connectivity index (χ2n) is 6.92. The molecule has 8 heteroatoms. The third-order valence-corrected chi connectivity index (χ3v) is 5.05. The van der Waals surface area contributed by atoms with Crippen molar-refractivity contribution in [1.82, 2.24) is 9.91 Å². The molecule has 2 atom stereocenters. The molecule has 2 aliphatic rings. The standard InChI is InChI=1S/C20H21FN4O3/c1-24(8-7-22)20(27)25-19(12-3-2-4-14(26)9-12)16-11-28-17-6-5-13(21)10-15(17)18(16)23-25/h2-6,9-10,16,19,26H,7-8,11,22H2,1H3. The van der Waals surface area contributed by atoms with Crippen LogP contribution in [0.25, 0.3) is 0 Å². The van der Waals surface area contributed by atoms with Crippen molar-refractivity contribution < 1.29 is 19.0 Å². The van der Waals surface area contributed by atoms with Crippen molar-refractivity contribution in [3.05, 3.63) is 59.4 Å². The number of benzene rings is 2. The van der Waals surface area contributed by atoms with Gasteiger partial charge in [0, 0.05) is 25.7 Å². The van der Waals surface area contributed by atoms with E-state index in [0.29, 0.717) is 36.7 Å². The lowest BCUT2D eigenvalue weighted by Crippen LogP contribution is -2.42. The number of fused-ring (bicyclic) bond motifs is 3. The summed E-state index contributed by atoms with van der Waals surface area (Å²) in [6.45, 7) is 0.992. The van der Waals surface area contributed by atoms with Crippen molar-refractivity contribution in [2.45, 2.75) is 6.04 Å². The third kappa shape index (κ3) is 3.05. The van der Waals surface area contributed by atoms with Crippen molar-refractivity contribution in [3.63, 3.8) is 0 Å². The molecule has 0 aliphatic carbocycles. The summed E-state index contributed by atoms with van der Waals surface area (Å²) in [6, 6.07) is 10.2. The number of amides is 2. The number of nitrogens with zero attached hydrogens (tertiary/aromatic N) is 3. The van der Waals surface area contributed by atoms with Gasteiger partial charge in [0.15, 0.2) is 0 Å². The maximum atomic E-state index is 13.9. The zero-order valence-corrected chi connectivity index (χ0v) is 15.4. The monoisotopic (exact) mass is 384 g/mol. The first-order chi connectivity index (χ1) is 13.5. The van der Waals surface area contributed by atoms with Crippen LogP contribution in [0.1, 0.15) is 17.2 Å². The summed E-state index contributed by atoms with van der Waals surface area (Å²) >= 11 is 0. The highest BCUT2D eigenvalue weighted by atomic mass is 19.1. The smallest absolute Gasteiger partial charge is 0.340 e. The first-order valence-electron chi connectivity index (χ1n) is 9.04. The molecule has 28 heavy (non-hydrogen) atoms. The molecule has 7 nitrogen and oxygen atoms in total. The van der Waals surface area contributed by atoms with Crippen LogP contribution < -0.4 is 10.5 Å². The van der Waals surface area contributed by atoms with Gasteiger partial charge in [-0.2, -0.15) is 5.10 Å². The van der Waals surface area contributed by atoms with Gasteiger partial charge in [-0.25, -0.2) is 14.2 Å². The number of hydrogen-bond donors (Lipinski definition) is 2. The van der Waals surface area contributed by atoms with E-state index in [1.54, 1.807) is 31.3 Å². The molecular weight excluding hydrogens is 363 g/mol. The van der Waals surface area contributed by atoms with E-state index in [-0.39, 0.29) is 17.7 Å². The van der Waals surface area contributed by atoms with Gasteiger partial charge in [0.2, 0.25) is 0 Å². The Hall–Kier alpha value is -3.13. The predicted octanol–water partition coefficient (Wildman–Crippen LogP) is 2.31. The quantitative estimate of drug-likeness (QED) is 0.850. The number of rotatable bonds is 3. The summed E-state index contributed by atoms with van der Waals surface area (Å²) in [5.41, 5.74) is 7.45. The van der Waals surface area contributed by atoms with Gasteiger partial charge in [0.05, 0.1) is 24.3 Å². The second kappa shape index (κ2) is 7.12. The van der Waals surface area contributed by atoms with Gasteiger partial charge in [-0.3, -0.25) is 0 Å². The number of aromatic hydroxyl groups is 1. The largest absolute Gasteiger partial charge is 0.508 e. The number of carbonyl (C=O) groups excluding carboxylic acids is 1. The first-order valence-corrected chi connectivity index (χ1v) is 9.04. The summed E-state index contributed by atoms with van der Waals surface area (Å²) in [5.74, 6) is -0.0523. The van der Waals surface area contributed by atoms with E-state index in [1.165, 1.54) is 22.0 Å². The van der Waals surface area contributed by atoms with Crippen molar-refractivity contribution in [3.8, 4) is 11.5 Å². The van der Waals surface area contributed by atoms with E-state index >= 15 is 0 Å². The van der Waals surface area contributed by atoms with Gasteiger partial charge in [0.25, 0.3) is 0 Å². The van der Waals surface area contributed by atoms with Crippen LogP contribution in [0.3, 0.4) is 0 Å². The Kier molecular flexibility index (Phi) is 4.64. The van der Waals surface area contributed by atoms with Crippen LogP contribution >= 0.6 is 0 Å². The number of nitrogens with two attached hydrogens (primary N) is 1. The normalized spacial score (nSPS) is 20.1. The number of likely N-dealkylation sites (N-methyl/N-ethyl adjacent to an activating group) is 1. The molecule has 2 aliphatic heterocycles. The molecular formula is C20H21FN4O3. The summed E-state index contributed by atoms with van der Waals surface area (Å²) in [6.07, 6.45) is 0. The minimum atomic E-state index is -0.480. The highest BCUT2D eigenvalue weighted by Gasteiger charge is 2.45.